The molecular weight excluding hydrogens is 362 g/mol. The summed E-state index contributed by atoms with van der Waals surface area (Å²) in [5.74, 6) is 0. The van der Waals surface area contributed by atoms with Gasteiger partial charge in [0.25, 0.3) is 0 Å². The third kappa shape index (κ3) is 3.72. The van der Waals surface area contributed by atoms with Crippen molar-refractivity contribution >= 4 is 0 Å². The maximum atomic E-state index is 12.2. The lowest BCUT2D eigenvalue weighted by Crippen LogP contribution is -2.23. The maximum absolute atomic E-state index is 12.2. The van der Waals surface area contributed by atoms with Crippen LogP contribution in [0.3, 0.4) is 0 Å². The number of ether oxygens (including phenoxy) is 1. The summed E-state index contributed by atoms with van der Waals surface area (Å²) in [5.41, 5.74) is 6.79. The number of hydrogen-bond acceptors (Lipinski definition) is 3. The first kappa shape index (κ1) is 18.7. The van der Waals surface area contributed by atoms with Crippen LogP contribution in [0.15, 0.2) is 77.6 Å². The monoisotopic (exact) mass is 385 g/mol. The van der Waals surface area contributed by atoms with Gasteiger partial charge in [-0.25, -0.2) is 14.0 Å². The standard InChI is InChI=1S/C24H23N3O2/c1-17-9-12-21(19-7-5-4-6-8-19)15-22(17)20-13-10-18(11-14-20)16-27-23(29-3)25-26(2)24(27)28/h4-15H,16H2,1-3H3. The van der Waals surface area contributed by atoms with E-state index < -0.39 is 0 Å². The van der Waals surface area contributed by atoms with E-state index in [4.69, 9.17) is 4.74 Å². The van der Waals surface area contributed by atoms with E-state index in [1.165, 1.54) is 38.6 Å². The molecule has 0 saturated heterocycles. The normalized spacial score (nSPS) is 10.9. The van der Waals surface area contributed by atoms with Crippen molar-refractivity contribution in [3.63, 3.8) is 0 Å². The van der Waals surface area contributed by atoms with Gasteiger partial charge in [-0.05, 0) is 46.4 Å². The van der Waals surface area contributed by atoms with Crippen LogP contribution in [0.25, 0.3) is 22.3 Å². The van der Waals surface area contributed by atoms with Crippen LogP contribution in [-0.2, 0) is 13.6 Å². The van der Waals surface area contributed by atoms with E-state index in [2.05, 4.69) is 66.6 Å². The fraction of sp³-hybridized carbons (Fsp3) is 0.167. The zero-order chi connectivity index (χ0) is 20.4. The van der Waals surface area contributed by atoms with Gasteiger partial charge in [0.2, 0.25) is 0 Å². The molecule has 0 aliphatic carbocycles. The maximum Gasteiger partial charge on any atom is 0.348 e. The van der Waals surface area contributed by atoms with E-state index in [1.807, 2.05) is 18.2 Å². The highest BCUT2D eigenvalue weighted by Crippen LogP contribution is 2.29. The summed E-state index contributed by atoms with van der Waals surface area (Å²) < 4.78 is 8.02. The van der Waals surface area contributed by atoms with Gasteiger partial charge in [0.15, 0.2) is 0 Å². The Labute approximate surface area is 169 Å². The van der Waals surface area contributed by atoms with Crippen LogP contribution in [0.1, 0.15) is 11.1 Å². The van der Waals surface area contributed by atoms with Crippen molar-refractivity contribution in [3.8, 4) is 28.3 Å². The number of aromatic nitrogens is 3. The largest absolute Gasteiger partial charge is 0.467 e. The molecule has 0 aliphatic rings. The molecule has 1 aromatic heterocycles. The molecular formula is C24H23N3O2. The lowest BCUT2D eigenvalue weighted by molar-refractivity contribution is 0.357. The Balaban J connectivity index is 1.64. The number of hydrogen-bond donors (Lipinski definition) is 0. The smallest absolute Gasteiger partial charge is 0.348 e. The zero-order valence-electron chi connectivity index (χ0n) is 16.8. The summed E-state index contributed by atoms with van der Waals surface area (Å²) in [7, 11) is 3.14. The van der Waals surface area contributed by atoms with Crippen LogP contribution in [0, 0.1) is 6.92 Å². The van der Waals surface area contributed by atoms with Crippen LogP contribution in [-0.4, -0.2) is 21.5 Å². The van der Waals surface area contributed by atoms with Crippen molar-refractivity contribution < 1.29 is 4.74 Å². The van der Waals surface area contributed by atoms with E-state index in [1.54, 1.807) is 7.05 Å². The molecule has 0 saturated carbocycles. The van der Waals surface area contributed by atoms with Gasteiger partial charge in [-0.1, -0.05) is 66.7 Å². The van der Waals surface area contributed by atoms with Crippen molar-refractivity contribution in [2.45, 2.75) is 13.5 Å². The molecule has 0 fully saturated rings. The van der Waals surface area contributed by atoms with Gasteiger partial charge in [0.1, 0.15) is 0 Å². The predicted octanol–water partition coefficient (Wildman–Crippen LogP) is 4.28. The number of rotatable bonds is 5. The molecule has 0 spiro atoms. The first-order valence-electron chi connectivity index (χ1n) is 9.50. The highest BCUT2D eigenvalue weighted by Gasteiger charge is 2.12. The first-order chi connectivity index (χ1) is 14.1. The van der Waals surface area contributed by atoms with Crippen LogP contribution < -0.4 is 10.4 Å². The molecule has 29 heavy (non-hydrogen) atoms. The van der Waals surface area contributed by atoms with Gasteiger partial charge in [-0.2, -0.15) is 0 Å². The minimum atomic E-state index is -0.197. The molecule has 4 rings (SSSR count). The minimum absolute atomic E-state index is 0.197. The Hall–Kier alpha value is -3.60. The van der Waals surface area contributed by atoms with Crippen LogP contribution in [0.2, 0.25) is 0 Å². The van der Waals surface area contributed by atoms with Crippen molar-refractivity contribution in [1.82, 2.24) is 14.3 Å². The molecule has 5 heteroatoms. The number of aryl methyl sites for hydroxylation is 2. The Morgan fingerprint density at radius 3 is 2.28 bits per heavy atom. The van der Waals surface area contributed by atoms with Gasteiger partial charge < -0.3 is 4.74 Å². The summed E-state index contributed by atoms with van der Waals surface area (Å²) in [4.78, 5) is 12.2. The fourth-order valence-corrected chi connectivity index (χ4v) is 3.48. The quantitative estimate of drug-likeness (QED) is 0.515. The Morgan fingerprint density at radius 2 is 1.59 bits per heavy atom. The Kier molecular flexibility index (Phi) is 5.04. The van der Waals surface area contributed by atoms with Crippen molar-refractivity contribution in [2.75, 3.05) is 7.11 Å². The average molecular weight is 385 g/mol. The minimum Gasteiger partial charge on any atom is -0.467 e. The predicted molar refractivity (Wildman–Crippen MR) is 115 cm³/mol. The van der Waals surface area contributed by atoms with E-state index in [9.17, 15) is 4.79 Å². The Morgan fingerprint density at radius 1 is 0.897 bits per heavy atom. The van der Waals surface area contributed by atoms with Crippen molar-refractivity contribution in [3.05, 3.63) is 94.4 Å². The summed E-state index contributed by atoms with van der Waals surface area (Å²) in [6.07, 6.45) is 0. The molecule has 146 valence electrons. The topological polar surface area (TPSA) is 49.1 Å². The lowest BCUT2D eigenvalue weighted by atomic mass is 9.95. The van der Waals surface area contributed by atoms with Crippen LogP contribution in [0.5, 0.6) is 6.01 Å². The second kappa shape index (κ2) is 7.80. The van der Waals surface area contributed by atoms with Gasteiger partial charge in [0.05, 0.1) is 13.7 Å². The molecule has 5 nitrogen and oxygen atoms in total. The lowest BCUT2D eigenvalue weighted by Gasteiger charge is -2.11. The summed E-state index contributed by atoms with van der Waals surface area (Å²) >= 11 is 0. The number of benzene rings is 3. The van der Waals surface area contributed by atoms with E-state index in [0.29, 0.717) is 12.6 Å². The van der Waals surface area contributed by atoms with E-state index in [0.717, 1.165) is 11.1 Å². The highest BCUT2D eigenvalue weighted by molar-refractivity contribution is 5.75. The molecule has 1 heterocycles. The van der Waals surface area contributed by atoms with E-state index in [-0.39, 0.29) is 5.69 Å². The molecule has 0 amide bonds. The third-order valence-electron chi connectivity index (χ3n) is 5.11. The molecule has 0 bridgehead atoms. The molecule has 4 aromatic rings. The van der Waals surface area contributed by atoms with Gasteiger partial charge in [-0.3, -0.25) is 0 Å². The Bertz CT molecular complexity index is 1190. The van der Waals surface area contributed by atoms with Gasteiger partial charge in [0, 0.05) is 7.05 Å². The van der Waals surface area contributed by atoms with Gasteiger partial charge in [-0.15, -0.1) is 5.10 Å². The molecule has 0 N–H and O–H groups in total. The average Bonchev–Trinajstić information content (AvgIpc) is 3.03. The number of methoxy groups -OCH3 is 1. The summed E-state index contributed by atoms with van der Waals surface area (Å²) in [5, 5.41) is 4.08. The molecule has 0 radical (unpaired) electrons. The zero-order valence-corrected chi connectivity index (χ0v) is 16.8. The van der Waals surface area contributed by atoms with Crippen LogP contribution >= 0.6 is 0 Å². The summed E-state index contributed by atoms with van der Waals surface area (Å²) in [6.45, 7) is 2.54. The third-order valence-corrected chi connectivity index (χ3v) is 5.11. The first-order valence-corrected chi connectivity index (χ1v) is 9.50. The van der Waals surface area contributed by atoms with Crippen molar-refractivity contribution in [1.29, 1.82) is 0 Å². The number of nitrogens with zero attached hydrogens (tertiary/aromatic N) is 3. The molecule has 0 atom stereocenters. The molecule has 3 aromatic carbocycles. The van der Waals surface area contributed by atoms with Crippen molar-refractivity contribution in [2.24, 2.45) is 7.05 Å². The van der Waals surface area contributed by atoms with Gasteiger partial charge >= 0.3 is 11.7 Å². The van der Waals surface area contributed by atoms with E-state index >= 15 is 0 Å². The molecule has 0 aliphatic heterocycles. The van der Waals surface area contributed by atoms with Crippen LogP contribution in [0.4, 0.5) is 0 Å². The second-order valence-corrected chi connectivity index (χ2v) is 7.07. The summed E-state index contributed by atoms with van der Waals surface area (Å²) in [6, 6.07) is 25.5. The SMILES string of the molecule is COc1nn(C)c(=O)n1Cc1ccc(-c2cc(-c3ccccc3)ccc2C)cc1. The fourth-order valence-electron chi connectivity index (χ4n) is 3.48. The molecule has 0 unspecified atom stereocenters. The second-order valence-electron chi connectivity index (χ2n) is 7.07. The highest BCUT2D eigenvalue weighted by atomic mass is 16.5.